The number of hydrogen-bond donors (Lipinski definition) is 3. The Morgan fingerprint density at radius 1 is 1.55 bits per heavy atom. The smallest absolute Gasteiger partial charge is 0.233 e. The van der Waals surface area contributed by atoms with E-state index in [1.165, 1.54) is 0 Å². The first-order valence-corrected chi connectivity index (χ1v) is 7.65. The molecule has 0 radical (unpaired) electrons. The van der Waals surface area contributed by atoms with Crippen molar-refractivity contribution in [2.24, 2.45) is 5.41 Å². The Kier molecular flexibility index (Phi) is 4.81. The van der Waals surface area contributed by atoms with Crippen molar-refractivity contribution in [1.82, 2.24) is 15.5 Å². The number of aromatic nitrogens is 2. The van der Waals surface area contributed by atoms with Gasteiger partial charge in [-0.05, 0) is 31.7 Å². The maximum atomic E-state index is 12.7. The lowest BCUT2D eigenvalue weighted by molar-refractivity contribution is -0.127. The van der Waals surface area contributed by atoms with Crippen LogP contribution in [0.15, 0.2) is 6.07 Å². The van der Waals surface area contributed by atoms with E-state index in [4.69, 9.17) is 0 Å². The molecule has 5 heteroatoms. The SMILES string of the molecule is CCCC1(C(=O)Nc2cc(C(C)C)[nH]n2)CCCNC1. The van der Waals surface area contributed by atoms with Crippen LogP contribution in [0.4, 0.5) is 5.82 Å². The molecule has 5 nitrogen and oxygen atoms in total. The van der Waals surface area contributed by atoms with E-state index < -0.39 is 0 Å². The number of nitrogens with zero attached hydrogens (tertiary/aromatic N) is 1. The Bertz CT molecular complexity index is 441. The zero-order valence-electron chi connectivity index (χ0n) is 12.8. The molecule has 0 aliphatic carbocycles. The maximum Gasteiger partial charge on any atom is 0.233 e. The lowest BCUT2D eigenvalue weighted by atomic mass is 9.76. The number of carbonyl (C=O) groups excluding carboxylic acids is 1. The molecule has 1 saturated heterocycles. The van der Waals surface area contributed by atoms with Gasteiger partial charge in [0, 0.05) is 18.3 Å². The summed E-state index contributed by atoms with van der Waals surface area (Å²) in [7, 11) is 0. The summed E-state index contributed by atoms with van der Waals surface area (Å²) >= 11 is 0. The number of anilines is 1. The third-order valence-electron chi connectivity index (χ3n) is 4.14. The minimum atomic E-state index is -0.274. The van der Waals surface area contributed by atoms with Crippen LogP contribution in [0.25, 0.3) is 0 Å². The Labute approximate surface area is 120 Å². The van der Waals surface area contributed by atoms with Gasteiger partial charge in [0.25, 0.3) is 0 Å². The van der Waals surface area contributed by atoms with Gasteiger partial charge < -0.3 is 10.6 Å². The van der Waals surface area contributed by atoms with Crippen LogP contribution in [0, 0.1) is 5.41 Å². The van der Waals surface area contributed by atoms with Crippen molar-refractivity contribution >= 4 is 11.7 Å². The maximum absolute atomic E-state index is 12.7. The van der Waals surface area contributed by atoms with Crippen LogP contribution in [0.3, 0.4) is 0 Å². The number of nitrogens with one attached hydrogen (secondary N) is 3. The van der Waals surface area contributed by atoms with Crippen molar-refractivity contribution in [2.75, 3.05) is 18.4 Å². The van der Waals surface area contributed by atoms with E-state index >= 15 is 0 Å². The molecule has 0 spiro atoms. The Morgan fingerprint density at radius 3 is 2.90 bits per heavy atom. The van der Waals surface area contributed by atoms with Gasteiger partial charge in [0.1, 0.15) is 0 Å². The fraction of sp³-hybridized carbons (Fsp3) is 0.733. The third-order valence-corrected chi connectivity index (χ3v) is 4.14. The van der Waals surface area contributed by atoms with Crippen molar-refractivity contribution in [3.05, 3.63) is 11.8 Å². The number of piperidine rings is 1. The number of rotatable bonds is 5. The molecule has 1 aliphatic rings. The summed E-state index contributed by atoms with van der Waals surface area (Å²) in [5, 5.41) is 13.5. The van der Waals surface area contributed by atoms with Crippen molar-refractivity contribution in [3.63, 3.8) is 0 Å². The fourth-order valence-corrected chi connectivity index (χ4v) is 2.91. The van der Waals surface area contributed by atoms with Gasteiger partial charge in [-0.25, -0.2) is 0 Å². The number of aromatic amines is 1. The van der Waals surface area contributed by atoms with Crippen molar-refractivity contribution in [1.29, 1.82) is 0 Å². The first kappa shape index (κ1) is 15.0. The molecule has 1 aliphatic heterocycles. The lowest BCUT2D eigenvalue weighted by Gasteiger charge is -2.35. The van der Waals surface area contributed by atoms with E-state index in [9.17, 15) is 4.79 Å². The third kappa shape index (κ3) is 3.20. The molecule has 20 heavy (non-hydrogen) atoms. The number of hydrogen-bond acceptors (Lipinski definition) is 3. The van der Waals surface area contributed by atoms with Crippen LogP contribution < -0.4 is 10.6 Å². The second kappa shape index (κ2) is 6.39. The molecule has 0 saturated carbocycles. The van der Waals surface area contributed by atoms with E-state index in [1.807, 2.05) is 6.07 Å². The molecule has 112 valence electrons. The van der Waals surface area contributed by atoms with E-state index in [0.717, 1.165) is 44.5 Å². The van der Waals surface area contributed by atoms with Gasteiger partial charge in [0.2, 0.25) is 5.91 Å². The van der Waals surface area contributed by atoms with E-state index in [-0.39, 0.29) is 11.3 Å². The van der Waals surface area contributed by atoms with Crippen molar-refractivity contribution in [2.45, 2.75) is 52.4 Å². The lowest BCUT2D eigenvalue weighted by Crippen LogP contribution is -2.48. The molecule has 1 aromatic heterocycles. The molecule has 2 heterocycles. The topological polar surface area (TPSA) is 69.8 Å². The highest BCUT2D eigenvalue weighted by Crippen LogP contribution is 2.33. The monoisotopic (exact) mass is 278 g/mol. The van der Waals surface area contributed by atoms with Crippen LogP contribution in [-0.2, 0) is 4.79 Å². The molecule has 0 aromatic carbocycles. The molecular formula is C15H26N4O. The van der Waals surface area contributed by atoms with Gasteiger partial charge in [0.15, 0.2) is 5.82 Å². The first-order chi connectivity index (χ1) is 9.57. The van der Waals surface area contributed by atoms with Gasteiger partial charge >= 0.3 is 0 Å². The largest absolute Gasteiger partial charge is 0.316 e. The van der Waals surface area contributed by atoms with Crippen molar-refractivity contribution < 1.29 is 4.79 Å². The first-order valence-electron chi connectivity index (χ1n) is 7.65. The average molecular weight is 278 g/mol. The van der Waals surface area contributed by atoms with Crippen LogP contribution in [-0.4, -0.2) is 29.2 Å². The highest BCUT2D eigenvalue weighted by molar-refractivity contribution is 5.94. The predicted octanol–water partition coefficient (Wildman–Crippen LogP) is 2.64. The summed E-state index contributed by atoms with van der Waals surface area (Å²) in [4.78, 5) is 12.7. The Hall–Kier alpha value is -1.36. The minimum absolute atomic E-state index is 0.105. The van der Waals surface area contributed by atoms with Crippen molar-refractivity contribution in [3.8, 4) is 0 Å². The summed E-state index contributed by atoms with van der Waals surface area (Å²) in [6.45, 7) is 8.12. The second-order valence-corrected chi connectivity index (χ2v) is 6.13. The molecule has 1 atom stereocenters. The molecule has 1 amide bonds. The highest BCUT2D eigenvalue weighted by Gasteiger charge is 2.38. The quantitative estimate of drug-likeness (QED) is 0.775. The Balaban J connectivity index is 2.07. The second-order valence-electron chi connectivity index (χ2n) is 6.13. The predicted molar refractivity (Wildman–Crippen MR) is 80.8 cm³/mol. The average Bonchev–Trinajstić information content (AvgIpc) is 2.89. The van der Waals surface area contributed by atoms with Crippen LogP contribution in [0.2, 0.25) is 0 Å². The molecule has 0 bridgehead atoms. The van der Waals surface area contributed by atoms with Crippen LogP contribution in [0.5, 0.6) is 0 Å². The number of H-pyrrole nitrogens is 1. The van der Waals surface area contributed by atoms with Crippen LogP contribution >= 0.6 is 0 Å². The summed E-state index contributed by atoms with van der Waals surface area (Å²) in [5.41, 5.74) is 0.774. The molecule has 3 N–H and O–H groups in total. The Morgan fingerprint density at radius 2 is 2.35 bits per heavy atom. The van der Waals surface area contributed by atoms with Gasteiger partial charge in [-0.3, -0.25) is 9.89 Å². The molecule has 2 rings (SSSR count). The zero-order chi connectivity index (χ0) is 14.6. The van der Waals surface area contributed by atoms with E-state index in [1.54, 1.807) is 0 Å². The normalized spacial score (nSPS) is 23.0. The summed E-state index contributed by atoms with van der Waals surface area (Å²) in [6, 6.07) is 1.93. The van der Waals surface area contributed by atoms with Crippen LogP contribution in [0.1, 0.15) is 58.1 Å². The summed E-state index contributed by atoms with van der Waals surface area (Å²) < 4.78 is 0. The summed E-state index contributed by atoms with van der Waals surface area (Å²) in [5.74, 6) is 1.13. The highest BCUT2D eigenvalue weighted by atomic mass is 16.2. The number of carbonyl (C=O) groups is 1. The molecular weight excluding hydrogens is 252 g/mol. The standard InChI is InChI=1S/C15H26N4O/c1-4-6-15(7-5-8-16-10-15)14(20)17-13-9-12(11(2)3)18-19-13/h9,11,16H,4-8,10H2,1-3H3,(H2,17,18,19,20). The van der Waals surface area contributed by atoms with E-state index in [2.05, 4.69) is 41.6 Å². The fourth-order valence-electron chi connectivity index (χ4n) is 2.91. The minimum Gasteiger partial charge on any atom is -0.316 e. The van der Waals surface area contributed by atoms with E-state index in [0.29, 0.717) is 11.7 Å². The molecule has 1 aromatic rings. The summed E-state index contributed by atoms with van der Waals surface area (Å²) in [6.07, 6.45) is 3.96. The molecule has 1 unspecified atom stereocenters. The zero-order valence-corrected chi connectivity index (χ0v) is 12.8. The number of amides is 1. The van der Waals surface area contributed by atoms with Gasteiger partial charge in [-0.15, -0.1) is 0 Å². The van der Waals surface area contributed by atoms with Gasteiger partial charge in [-0.1, -0.05) is 27.2 Å². The van der Waals surface area contributed by atoms with Gasteiger partial charge in [0.05, 0.1) is 5.41 Å². The van der Waals surface area contributed by atoms with Gasteiger partial charge in [-0.2, -0.15) is 5.10 Å². The molecule has 1 fully saturated rings.